The monoisotopic (exact) mass is 856 g/mol. The minimum atomic E-state index is -0.0291. The molecule has 0 bridgehead atoms. The third-order valence-electron chi connectivity index (χ3n) is 16.4. The van der Waals surface area contributed by atoms with Gasteiger partial charge in [-0.05, 0) is 159 Å². The number of nitrogens with zero attached hydrogens (tertiary/aromatic N) is 2. The molecular weight excluding hydrogens is 796 g/mol. The highest BCUT2D eigenvalue weighted by molar-refractivity contribution is 7.33. The second-order valence-electron chi connectivity index (χ2n) is 23.6. The minimum absolute atomic E-state index is 0.0291. The van der Waals surface area contributed by atoms with Crippen LogP contribution in [0.1, 0.15) is 135 Å². The molecule has 4 aliphatic rings. The number of rotatable bonds is 2. The van der Waals surface area contributed by atoms with Gasteiger partial charge in [-0.3, -0.25) is 0 Å². The molecule has 2 aliphatic heterocycles. The molecule has 0 saturated carbocycles. The summed E-state index contributed by atoms with van der Waals surface area (Å²) in [5.74, 6) is 0. The maximum Gasteiger partial charge on any atom is 0.264 e. The van der Waals surface area contributed by atoms with E-state index in [1.807, 2.05) is 11.3 Å². The van der Waals surface area contributed by atoms with Gasteiger partial charge < -0.3 is 14.2 Å². The van der Waals surface area contributed by atoms with Crippen LogP contribution in [0.2, 0.25) is 0 Å². The summed E-state index contributed by atoms with van der Waals surface area (Å²) in [5.41, 5.74) is 21.0. The average Bonchev–Trinajstić information content (AvgIpc) is 3.82. The van der Waals surface area contributed by atoms with Gasteiger partial charge in [-0.2, -0.15) is 0 Å². The molecule has 2 aromatic heterocycles. The van der Waals surface area contributed by atoms with Crippen molar-refractivity contribution in [2.45, 2.75) is 136 Å². The molecule has 64 heavy (non-hydrogen) atoms. The fraction of sp³-hybridized carbons (Fsp3) is 0.356. The number of hydrogen-bond donors (Lipinski definition) is 0. The molecule has 6 aromatic carbocycles. The Kier molecular flexibility index (Phi) is 8.16. The summed E-state index contributed by atoms with van der Waals surface area (Å²) >= 11 is 2.04. The summed E-state index contributed by atoms with van der Waals surface area (Å²) in [6.07, 6.45) is 4.76. The van der Waals surface area contributed by atoms with E-state index in [1.165, 1.54) is 113 Å². The quantitative estimate of drug-likeness (QED) is 0.162. The van der Waals surface area contributed by atoms with Gasteiger partial charge in [0.1, 0.15) is 5.58 Å². The molecule has 0 atom stereocenters. The Bertz CT molecular complexity index is 3310. The molecule has 0 fully saturated rings. The van der Waals surface area contributed by atoms with Crippen LogP contribution in [-0.2, 0) is 27.1 Å². The number of anilines is 6. The van der Waals surface area contributed by atoms with Gasteiger partial charge in [0.05, 0.1) is 11.4 Å². The first-order valence-corrected chi connectivity index (χ1v) is 24.6. The number of aryl methyl sites for hydroxylation is 1. The fourth-order valence-corrected chi connectivity index (χ4v) is 13.6. The molecule has 8 aromatic rings. The first-order chi connectivity index (χ1) is 30.2. The van der Waals surface area contributed by atoms with Crippen LogP contribution in [0.5, 0.6) is 0 Å². The smallest absolute Gasteiger partial charge is 0.264 e. The highest BCUT2D eigenvalue weighted by atomic mass is 32.1. The number of benzene rings is 6. The third kappa shape index (κ3) is 5.58. The van der Waals surface area contributed by atoms with E-state index >= 15 is 0 Å². The summed E-state index contributed by atoms with van der Waals surface area (Å²) in [4.78, 5) is 5.26. The van der Waals surface area contributed by atoms with Crippen molar-refractivity contribution in [3.05, 3.63) is 137 Å². The van der Waals surface area contributed by atoms with Gasteiger partial charge in [-0.15, -0.1) is 11.3 Å². The highest BCUT2D eigenvalue weighted by Crippen LogP contribution is 2.55. The van der Waals surface area contributed by atoms with Crippen LogP contribution >= 0.6 is 11.3 Å². The molecule has 0 unspecified atom stereocenters. The Labute approximate surface area is 384 Å². The van der Waals surface area contributed by atoms with E-state index in [9.17, 15) is 0 Å². The van der Waals surface area contributed by atoms with Crippen LogP contribution in [-0.4, -0.2) is 6.71 Å². The van der Waals surface area contributed by atoms with Gasteiger partial charge in [0.25, 0.3) is 6.71 Å². The lowest BCUT2D eigenvalue weighted by molar-refractivity contribution is 0.332. The summed E-state index contributed by atoms with van der Waals surface area (Å²) < 4.78 is 9.72. The first-order valence-electron chi connectivity index (χ1n) is 23.8. The molecule has 3 nitrogen and oxygen atoms in total. The van der Waals surface area contributed by atoms with E-state index in [4.69, 9.17) is 4.42 Å². The number of furan rings is 1. The van der Waals surface area contributed by atoms with Crippen LogP contribution in [0.3, 0.4) is 0 Å². The topological polar surface area (TPSA) is 19.6 Å². The van der Waals surface area contributed by atoms with Crippen molar-refractivity contribution < 1.29 is 4.42 Å². The largest absolute Gasteiger partial charge is 0.454 e. The Morgan fingerprint density at radius 3 is 1.89 bits per heavy atom. The van der Waals surface area contributed by atoms with Crippen LogP contribution < -0.4 is 25.5 Å². The summed E-state index contributed by atoms with van der Waals surface area (Å²) in [7, 11) is 0. The van der Waals surface area contributed by atoms with Gasteiger partial charge in [0.2, 0.25) is 0 Å². The zero-order valence-corrected chi connectivity index (χ0v) is 40.7. The number of thiophene rings is 1. The SMILES string of the molecule is Cc1cc2c3c(c1)N(c1cccc4c1oc1ccccc14)c1ccc(C(C)(C)C)cc1B3c1sc3cc4c(cc3c1N2c1ccc2c(c1)C(C)(C)CCC2(C)C)C(C)(C)CCC4(C)C. The predicted molar refractivity (Wildman–Crippen MR) is 277 cm³/mol. The minimum Gasteiger partial charge on any atom is -0.454 e. The maximum absolute atomic E-state index is 6.88. The van der Waals surface area contributed by atoms with Crippen LogP contribution in [0, 0.1) is 6.92 Å². The maximum atomic E-state index is 6.88. The average molecular weight is 857 g/mol. The molecule has 12 rings (SSSR count). The van der Waals surface area contributed by atoms with Crippen LogP contribution in [0.15, 0.2) is 108 Å². The molecule has 0 N–H and O–H groups in total. The molecule has 0 radical (unpaired) electrons. The molecule has 0 spiro atoms. The van der Waals surface area contributed by atoms with Crippen molar-refractivity contribution in [3.8, 4) is 0 Å². The molecule has 0 amide bonds. The van der Waals surface area contributed by atoms with Crippen molar-refractivity contribution in [1.29, 1.82) is 0 Å². The second kappa shape index (κ2) is 13.0. The predicted octanol–water partition coefficient (Wildman–Crippen LogP) is 15.2. The van der Waals surface area contributed by atoms with E-state index in [-0.39, 0.29) is 33.8 Å². The Morgan fingerprint density at radius 2 is 1.19 bits per heavy atom. The van der Waals surface area contributed by atoms with Gasteiger partial charge in [-0.25, -0.2) is 0 Å². The lowest BCUT2D eigenvalue weighted by Crippen LogP contribution is -2.60. The Hall–Kier alpha value is -5.26. The fourth-order valence-electron chi connectivity index (χ4n) is 12.3. The van der Waals surface area contributed by atoms with Crippen molar-refractivity contribution in [2.24, 2.45) is 0 Å². The summed E-state index contributed by atoms with van der Waals surface area (Å²) in [6, 6.07) is 40.3. The molecule has 4 heterocycles. The first kappa shape index (κ1) is 40.3. The summed E-state index contributed by atoms with van der Waals surface area (Å²) in [6.45, 7) is 29.1. The summed E-state index contributed by atoms with van der Waals surface area (Å²) in [5, 5.41) is 3.68. The number of fused-ring (bicyclic) bond motifs is 11. The second-order valence-corrected chi connectivity index (χ2v) is 24.7. The van der Waals surface area contributed by atoms with E-state index in [0.29, 0.717) is 0 Å². The van der Waals surface area contributed by atoms with Crippen molar-refractivity contribution in [1.82, 2.24) is 0 Å². The van der Waals surface area contributed by atoms with E-state index < -0.39 is 0 Å². The van der Waals surface area contributed by atoms with Crippen molar-refractivity contribution >= 4 is 99.9 Å². The standard InChI is InChI=1S/C59H61BN2OS/c1-34-28-47-51-48(29-34)62(46-18-15-17-38-37-16-13-14-19-49(37)63-53(38)46)45-23-20-35(55(2,3)4)30-44(45)60(51)54-52(39-32-42-43(33-50(39)64-54)59(11,12)27-26-58(42,9)10)61(47)36-21-22-40-41(31-36)57(7,8)25-24-56(40,5)6/h13-23,28-33H,24-27H2,1-12H3. The van der Waals surface area contributed by atoms with Crippen molar-refractivity contribution in [2.75, 3.05) is 9.80 Å². The number of para-hydroxylation sites is 2. The van der Waals surface area contributed by atoms with Crippen LogP contribution in [0.25, 0.3) is 32.0 Å². The van der Waals surface area contributed by atoms with Gasteiger partial charge in [0.15, 0.2) is 5.58 Å². The van der Waals surface area contributed by atoms with Crippen molar-refractivity contribution in [3.63, 3.8) is 0 Å². The Morgan fingerprint density at radius 1 is 0.562 bits per heavy atom. The lowest BCUT2D eigenvalue weighted by atomic mass is 9.36. The highest BCUT2D eigenvalue weighted by Gasteiger charge is 2.48. The normalized spacial score (nSPS) is 18.8. The van der Waals surface area contributed by atoms with E-state index in [0.717, 1.165) is 27.6 Å². The molecule has 322 valence electrons. The lowest BCUT2D eigenvalue weighted by Gasteiger charge is -2.45. The van der Waals surface area contributed by atoms with Gasteiger partial charge >= 0.3 is 0 Å². The molecule has 5 heteroatoms. The van der Waals surface area contributed by atoms with E-state index in [2.05, 4.69) is 196 Å². The zero-order chi connectivity index (χ0) is 44.6. The zero-order valence-electron chi connectivity index (χ0n) is 39.9. The molecule has 0 saturated heterocycles. The van der Waals surface area contributed by atoms with Gasteiger partial charge in [0, 0.05) is 48.4 Å². The molecule has 2 aliphatic carbocycles. The number of hydrogen-bond acceptors (Lipinski definition) is 4. The Balaban J connectivity index is 1.22. The third-order valence-corrected chi connectivity index (χ3v) is 17.6. The molecular formula is C59H61BN2OS. The van der Waals surface area contributed by atoms with E-state index in [1.54, 1.807) is 0 Å². The van der Waals surface area contributed by atoms with Crippen LogP contribution in [0.4, 0.5) is 34.1 Å². The van der Waals surface area contributed by atoms with Gasteiger partial charge in [-0.1, -0.05) is 125 Å².